The number of carbonyl (C=O) groups excluding carboxylic acids is 1. The van der Waals surface area contributed by atoms with Gasteiger partial charge in [0.25, 0.3) is 5.89 Å². The number of amides is 1. The topological polar surface area (TPSA) is 86.3 Å². The van der Waals surface area contributed by atoms with Crippen LogP contribution >= 0.6 is 11.6 Å². The van der Waals surface area contributed by atoms with Crippen LogP contribution in [0.25, 0.3) is 33.9 Å². The van der Waals surface area contributed by atoms with Crippen molar-refractivity contribution in [1.29, 1.82) is 0 Å². The van der Waals surface area contributed by atoms with Crippen LogP contribution in [-0.4, -0.2) is 56.8 Å². The summed E-state index contributed by atoms with van der Waals surface area (Å²) < 4.78 is 12.7. The number of aromatic nitrogens is 4. The van der Waals surface area contributed by atoms with Crippen LogP contribution in [0.3, 0.4) is 0 Å². The normalized spacial score (nSPS) is 14.3. The van der Waals surface area contributed by atoms with Crippen molar-refractivity contribution in [1.82, 2.24) is 24.6 Å². The fraction of sp³-hybridized carbons (Fsp3) is 0.273. The summed E-state index contributed by atoms with van der Waals surface area (Å²) in [5.41, 5.74) is 3.34. The van der Waals surface area contributed by atoms with E-state index < -0.39 is 0 Å². The highest BCUT2D eigenvalue weighted by molar-refractivity contribution is 6.30. The van der Waals surface area contributed by atoms with Crippen LogP contribution in [0.1, 0.15) is 6.42 Å². The second kappa shape index (κ2) is 8.49. The number of hydrogen-bond donors (Lipinski definition) is 0. The van der Waals surface area contributed by atoms with Crippen molar-refractivity contribution in [2.75, 3.05) is 26.3 Å². The molecule has 3 heterocycles. The molecule has 1 aliphatic heterocycles. The van der Waals surface area contributed by atoms with Crippen molar-refractivity contribution in [2.24, 2.45) is 0 Å². The predicted octanol–water partition coefficient (Wildman–Crippen LogP) is 3.66. The molecule has 0 radical (unpaired) electrons. The summed E-state index contributed by atoms with van der Waals surface area (Å²) in [6, 6.07) is 13.1. The Morgan fingerprint density at radius 1 is 1.10 bits per heavy atom. The first-order chi connectivity index (χ1) is 15.2. The number of hydrogen-bond acceptors (Lipinski definition) is 6. The van der Waals surface area contributed by atoms with Crippen LogP contribution in [0.15, 0.2) is 53.3 Å². The molecule has 1 fully saturated rings. The Bertz CT molecular complexity index is 1230. The van der Waals surface area contributed by atoms with Crippen molar-refractivity contribution in [2.45, 2.75) is 13.0 Å². The molecule has 1 aliphatic rings. The Morgan fingerprint density at radius 2 is 1.97 bits per heavy atom. The quantitative estimate of drug-likeness (QED) is 0.473. The molecule has 5 rings (SSSR count). The maximum absolute atomic E-state index is 12.4. The van der Waals surface area contributed by atoms with E-state index in [0.29, 0.717) is 56.0 Å². The molecular weight excluding hydrogens is 418 g/mol. The molecule has 0 bridgehead atoms. The minimum absolute atomic E-state index is 0.141. The maximum Gasteiger partial charge on any atom is 0.258 e. The van der Waals surface area contributed by atoms with Gasteiger partial charge in [0, 0.05) is 42.2 Å². The highest BCUT2D eigenvalue weighted by Crippen LogP contribution is 2.26. The van der Waals surface area contributed by atoms with Crippen LogP contribution in [-0.2, 0) is 16.1 Å². The number of morpholine rings is 1. The first-order valence-electron chi connectivity index (χ1n) is 10.1. The molecule has 4 aromatic rings. The minimum atomic E-state index is 0.141. The van der Waals surface area contributed by atoms with Gasteiger partial charge >= 0.3 is 0 Å². The molecule has 1 amide bonds. The summed E-state index contributed by atoms with van der Waals surface area (Å²) in [7, 11) is 0. The molecule has 2 aromatic carbocycles. The molecule has 158 valence electrons. The molecule has 0 aliphatic carbocycles. The van der Waals surface area contributed by atoms with Crippen molar-refractivity contribution < 1.29 is 14.1 Å². The van der Waals surface area contributed by atoms with Gasteiger partial charge in [0.1, 0.15) is 0 Å². The largest absolute Gasteiger partial charge is 0.378 e. The first-order valence-corrected chi connectivity index (χ1v) is 10.5. The fourth-order valence-corrected chi connectivity index (χ4v) is 3.84. The summed E-state index contributed by atoms with van der Waals surface area (Å²) >= 11 is 6.05. The zero-order valence-electron chi connectivity index (χ0n) is 16.7. The Morgan fingerprint density at radius 3 is 2.81 bits per heavy atom. The van der Waals surface area contributed by atoms with Gasteiger partial charge < -0.3 is 18.7 Å². The van der Waals surface area contributed by atoms with Crippen LogP contribution in [0, 0.1) is 0 Å². The van der Waals surface area contributed by atoms with Crippen LogP contribution in [0.5, 0.6) is 0 Å². The van der Waals surface area contributed by atoms with Gasteiger partial charge in [-0.25, -0.2) is 4.98 Å². The molecule has 0 saturated carbocycles. The number of imidazole rings is 1. The number of halogens is 1. The number of carbonyl (C=O) groups is 1. The van der Waals surface area contributed by atoms with E-state index in [1.165, 1.54) is 0 Å². The molecule has 2 aromatic heterocycles. The lowest BCUT2D eigenvalue weighted by Crippen LogP contribution is -2.40. The van der Waals surface area contributed by atoms with Gasteiger partial charge in [0.2, 0.25) is 11.7 Å². The van der Waals surface area contributed by atoms with E-state index in [2.05, 4.69) is 15.1 Å². The number of benzene rings is 2. The van der Waals surface area contributed by atoms with E-state index in [0.717, 1.165) is 22.2 Å². The van der Waals surface area contributed by atoms with Crippen LogP contribution in [0.4, 0.5) is 0 Å². The third-order valence-electron chi connectivity index (χ3n) is 5.31. The van der Waals surface area contributed by atoms with Gasteiger partial charge in [0.05, 0.1) is 30.6 Å². The van der Waals surface area contributed by atoms with Crippen molar-refractivity contribution in [3.05, 3.63) is 53.8 Å². The number of aryl methyl sites for hydroxylation is 1. The van der Waals surface area contributed by atoms with E-state index in [1.54, 1.807) is 18.5 Å². The summed E-state index contributed by atoms with van der Waals surface area (Å²) in [5.74, 6) is 1.03. The van der Waals surface area contributed by atoms with Crippen molar-refractivity contribution >= 4 is 28.5 Å². The highest BCUT2D eigenvalue weighted by atomic mass is 35.5. The molecule has 31 heavy (non-hydrogen) atoms. The Balaban J connectivity index is 1.32. The van der Waals surface area contributed by atoms with Gasteiger partial charge in [-0.1, -0.05) is 22.8 Å². The molecular formula is C22H20ClN5O3. The average Bonchev–Trinajstić information content (AvgIpc) is 3.45. The van der Waals surface area contributed by atoms with Gasteiger partial charge in [-0.2, -0.15) is 4.98 Å². The van der Waals surface area contributed by atoms with Gasteiger partial charge in [-0.05, 0) is 36.4 Å². The van der Waals surface area contributed by atoms with E-state index in [1.807, 2.05) is 39.8 Å². The SMILES string of the molecule is O=C(CCn1cnc2cc(-c3noc(-c4cccc(Cl)c4)n3)ccc21)N1CCOCC1. The molecule has 0 spiro atoms. The van der Waals surface area contributed by atoms with E-state index >= 15 is 0 Å². The highest BCUT2D eigenvalue weighted by Gasteiger charge is 2.17. The second-order valence-corrected chi connectivity index (χ2v) is 7.75. The fourth-order valence-electron chi connectivity index (χ4n) is 3.65. The number of rotatable bonds is 5. The second-order valence-electron chi connectivity index (χ2n) is 7.32. The lowest BCUT2D eigenvalue weighted by Gasteiger charge is -2.26. The minimum Gasteiger partial charge on any atom is -0.378 e. The monoisotopic (exact) mass is 437 g/mol. The molecule has 0 N–H and O–H groups in total. The standard InChI is InChI=1S/C22H20ClN5O3/c23-17-3-1-2-16(12-17)22-25-21(26-31-22)15-4-5-19-18(13-15)24-14-28(19)7-6-20(29)27-8-10-30-11-9-27/h1-5,12-14H,6-11H2. The summed E-state index contributed by atoms with van der Waals surface area (Å²) in [5, 5.41) is 4.70. The molecule has 1 saturated heterocycles. The van der Waals surface area contributed by atoms with Gasteiger partial charge in [-0.15, -0.1) is 0 Å². The van der Waals surface area contributed by atoms with Crippen LogP contribution < -0.4 is 0 Å². The summed E-state index contributed by atoms with van der Waals surface area (Å²) in [4.78, 5) is 23.2. The maximum atomic E-state index is 12.4. The third kappa shape index (κ3) is 4.17. The third-order valence-corrected chi connectivity index (χ3v) is 5.54. The number of fused-ring (bicyclic) bond motifs is 1. The summed E-state index contributed by atoms with van der Waals surface area (Å²) in [6.45, 7) is 3.12. The number of nitrogens with zero attached hydrogens (tertiary/aromatic N) is 5. The molecule has 8 nitrogen and oxygen atoms in total. The molecule has 0 atom stereocenters. The smallest absolute Gasteiger partial charge is 0.258 e. The Hall–Kier alpha value is -3.23. The van der Waals surface area contributed by atoms with E-state index in [-0.39, 0.29) is 5.91 Å². The zero-order valence-corrected chi connectivity index (χ0v) is 17.5. The number of ether oxygens (including phenoxy) is 1. The lowest BCUT2D eigenvalue weighted by molar-refractivity contribution is -0.135. The van der Waals surface area contributed by atoms with Gasteiger partial charge in [-0.3, -0.25) is 4.79 Å². The van der Waals surface area contributed by atoms with E-state index in [9.17, 15) is 4.79 Å². The summed E-state index contributed by atoms with van der Waals surface area (Å²) in [6.07, 6.45) is 2.19. The predicted molar refractivity (Wildman–Crippen MR) is 115 cm³/mol. The van der Waals surface area contributed by atoms with Crippen molar-refractivity contribution in [3.63, 3.8) is 0 Å². The first kappa shape index (κ1) is 19.7. The average molecular weight is 438 g/mol. The Labute approximate surface area is 183 Å². The van der Waals surface area contributed by atoms with E-state index in [4.69, 9.17) is 20.9 Å². The van der Waals surface area contributed by atoms with Crippen LogP contribution in [0.2, 0.25) is 5.02 Å². The molecule has 0 unspecified atom stereocenters. The zero-order chi connectivity index (χ0) is 21.2. The van der Waals surface area contributed by atoms with Crippen molar-refractivity contribution in [3.8, 4) is 22.8 Å². The lowest BCUT2D eigenvalue weighted by atomic mass is 10.2. The molecule has 9 heteroatoms. The van der Waals surface area contributed by atoms with Gasteiger partial charge in [0.15, 0.2) is 0 Å². The Kier molecular flexibility index (Phi) is 5.40.